The number of ether oxygens (including phenoxy) is 1. The van der Waals surface area contributed by atoms with Crippen LogP contribution in [0.3, 0.4) is 0 Å². The molecule has 0 aromatic heterocycles. The molecule has 0 bridgehead atoms. The molecule has 2 aromatic carbocycles. The number of benzene rings is 2. The fraction of sp³-hybridized carbons (Fsp3) is 0.167. The first kappa shape index (κ1) is 9.03. The second kappa shape index (κ2) is 3.68. The van der Waals surface area contributed by atoms with Gasteiger partial charge in [-0.15, -0.1) is 0 Å². The first-order valence-electron chi connectivity index (χ1n) is 4.51. The normalized spacial score (nSPS) is 10.6. The highest BCUT2D eigenvalue weighted by atomic mass is 16.5. The van der Waals surface area contributed by atoms with Gasteiger partial charge in [0.05, 0.1) is 6.61 Å². The molecule has 2 heteroatoms. The van der Waals surface area contributed by atoms with Crippen molar-refractivity contribution in [3.63, 3.8) is 0 Å². The van der Waals surface area contributed by atoms with Crippen molar-refractivity contribution in [1.29, 1.82) is 0 Å². The van der Waals surface area contributed by atoms with Gasteiger partial charge in [-0.3, -0.25) is 0 Å². The van der Waals surface area contributed by atoms with Crippen LogP contribution in [0.5, 0.6) is 5.75 Å². The minimum absolute atomic E-state index is 0.315. The van der Waals surface area contributed by atoms with Gasteiger partial charge >= 0.3 is 0 Å². The summed E-state index contributed by atoms with van der Waals surface area (Å²) in [6.07, 6.45) is 0. The first-order valence-corrected chi connectivity index (χ1v) is 4.51. The Morgan fingerprint density at radius 3 is 2.79 bits per heavy atom. The Morgan fingerprint density at radius 2 is 2.00 bits per heavy atom. The van der Waals surface area contributed by atoms with Crippen LogP contribution in [0.2, 0.25) is 0 Å². The summed E-state index contributed by atoms with van der Waals surface area (Å²) in [6, 6.07) is 11.5. The van der Waals surface area contributed by atoms with Crippen molar-refractivity contribution in [3.05, 3.63) is 42.0 Å². The van der Waals surface area contributed by atoms with Crippen LogP contribution in [-0.4, -0.2) is 12.2 Å². The maximum Gasteiger partial charge on any atom is 0.123 e. The maximum atomic E-state index is 9.72. The fourth-order valence-electron chi connectivity index (χ4n) is 1.60. The van der Waals surface area contributed by atoms with Crippen LogP contribution in [0.15, 0.2) is 36.4 Å². The zero-order chi connectivity index (χ0) is 9.97. The SMILES string of the molecule is COCc1cc(O)c2ccccc2c1. The molecule has 0 unspecified atom stereocenters. The number of phenolic OH excluding ortho intramolecular Hbond substituents is 1. The predicted molar refractivity (Wildman–Crippen MR) is 56.3 cm³/mol. The molecule has 0 aliphatic rings. The lowest BCUT2D eigenvalue weighted by molar-refractivity contribution is 0.185. The van der Waals surface area contributed by atoms with Crippen molar-refractivity contribution in [2.75, 3.05) is 7.11 Å². The molecule has 0 radical (unpaired) electrons. The van der Waals surface area contributed by atoms with Crippen molar-refractivity contribution in [3.8, 4) is 5.75 Å². The van der Waals surface area contributed by atoms with E-state index in [9.17, 15) is 5.11 Å². The average molecular weight is 188 g/mol. The molecule has 0 fully saturated rings. The van der Waals surface area contributed by atoms with E-state index in [1.165, 1.54) is 0 Å². The van der Waals surface area contributed by atoms with Gasteiger partial charge in [0.1, 0.15) is 5.75 Å². The van der Waals surface area contributed by atoms with Crippen molar-refractivity contribution in [2.45, 2.75) is 6.61 Å². The number of rotatable bonds is 2. The predicted octanol–water partition coefficient (Wildman–Crippen LogP) is 2.69. The molecule has 0 saturated carbocycles. The summed E-state index contributed by atoms with van der Waals surface area (Å²) in [7, 11) is 1.65. The Morgan fingerprint density at radius 1 is 1.21 bits per heavy atom. The molecular weight excluding hydrogens is 176 g/mol. The smallest absolute Gasteiger partial charge is 0.123 e. The summed E-state index contributed by atoms with van der Waals surface area (Å²) in [4.78, 5) is 0. The highest BCUT2D eigenvalue weighted by Crippen LogP contribution is 2.26. The molecule has 14 heavy (non-hydrogen) atoms. The van der Waals surface area contributed by atoms with E-state index in [1.807, 2.05) is 30.3 Å². The summed E-state index contributed by atoms with van der Waals surface area (Å²) in [5, 5.41) is 11.6. The summed E-state index contributed by atoms with van der Waals surface area (Å²) >= 11 is 0. The summed E-state index contributed by atoms with van der Waals surface area (Å²) < 4.78 is 5.02. The Bertz CT molecular complexity index is 449. The van der Waals surface area contributed by atoms with Crippen LogP contribution in [0.1, 0.15) is 5.56 Å². The maximum absolute atomic E-state index is 9.72. The van der Waals surface area contributed by atoms with Crippen molar-refractivity contribution in [1.82, 2.24) is 0 Å². The van der Waals surface area contributed by atoms with Gasteiger partial charge in [-0.25, -0.2) is 0 Å². The lowest BCUT2D eigenvalue weighted by Gasteiger charge is -2.04. The van der Waals surface area contributed by atoms with Gasteiger partial charge in [-0.2, -0.15) is 0 Å². The van der Waals surface area contributed by atoms with E-state index in [1.54, 1.807) is 13.2 Å². The van der Waals surface area contributed by atoms with E-state index in [2.05, 4.69) is 0 Å². The van der Waals surface area contributed by atoms with E-state index < -0.39 is 0 Å². The average Bonchev–Trinajstić information content (AvgIpc) is 2.18. The molecule has 2 nitrogen and oxygen atoms in total. The highest BCUT2D eigenvalue weighted by molar-refractivity contribution is 5.88. The molecule has 0 saturated heterocycles. The Kier molecular flexibility index (Phi) is 2.37. The van der Waals surface area contributed by atoms with Crippen LogP contribution in [0.4, 0.5) is 0 Å². The Balaban J connectivity index is 2.60. The molecule has 0 heterocycles. The topological polar surface area (TPSA) is 29.5 Å². The Hall–Kier alpha value is -1.54. The second-order valence-corrected chi connectivity index (χ2v) is 3.27. The van der Waals surface area contributed by atoms with Crippen LogP contribution in [0, 0.1) is 0 Å². The van der Waals surface area contributed by atoms with Gasteiger partial charge in [0, 0.05) is 12.5 Å². The minimum atomic E-state index is 0.315. The third-order valence-corrected chi connectivity index (χ3v) is 2.21. The monoisotopic (exact) mass is 188 g/mol. The number of methoxy groups -OCH3 is 1. The molecule has 2 rings (SSSR count). The zero-order valence-electron chi connectivity index (χ0n) is 8.03. The molecule has 0 aliphatic carbocycles. The third kappa shape index (κ3) is 1.56. The standard InChI is InChI=1S/C12H12O2/c1-14-8-9-6-10-4-2-3-5-11(10)12(13)7-9/h2-7,13H,8H2,1H3. The molecule has 2 aromatic rings. The molecule has 0 aliphatic heterocycles. The largest absolute Gasteiger partial charge is 0.507 e. The molecule has 1 N–H and O–H groups in total. The van der Waals surface area contributed by atoms with Gasteiger partial charge in [-0.05, 0) is 23.1 Å². The van der Waals surface area contributed by atoms with E-state index in [0.29, 0.717) is 12.4 Å². The minimum Gasteiger partial charge on any atom is -0.507 e. The number of fused-ring (bicyclic) bond motifs is 1. The molecule has 72 valence electrons. The van der Waals surface area contributed by atoms with Crippen LogP contribution in [-0.2, 0) is 11.3 Å². The van der Waals surface area contributed by atoms with Crippen molar-refractivity contribution >= 4 is 10.8 Å². The van der Waals surface area contributed by atoms with Gasteiger partial charge in [0.2, 0.25) is 0 Å². The van der Waals surface area contributed by atoms with E-state index in [4.69, 9.17) is 4.74 Å². The molecule has 0 amide bonds. The van der Waals surface area contributed by atoms with E-state index >= 15 is 0 Å². The third-order valence-electron chi connectivity index (χ3n) is 2.21. The second-order valence-electron chi connectivity index (χ2n) is 3.27. The molecule has 0 spiro atoms. The number of phenols is 1. The summed E-state index contributed by atoms with van der Waals surface area (Å²) in [5.41, 5.74) is 0.990. The van der Waals surface area contributed by atoms with Crippen molar-refractivity contribution < 1.29 is 9.84 Å². The summed E-state index contributed by atoms with van der Waals surface area (Å²) in [6.45, 7) is 0.526. The molecular formula is C12H12O2. The quantitative estimate of drug-likeness (QED) is 0.785. The fourth-order valence-corrected chi connectivity index (χ4v) is 1.60. The van der Waals surface area contributed by atoms with Gasteiger partial charge in [-0.1, -0.05) is 24.3 Å². The van der Waals surface area contributed by atoms with Gasteiger partial charge in [0.25, 0.3) is 0 Å². The van der Waals surface area contributed by atoms with Crippen molar-refractivity contribution in [2.24, 2.45) is 0 Å². The zero-order valence-corrected chi connectivity index (χ0v) is 8.03. The number of hydrogen-bond acceptors (Lipinski definition) is 2. The van der Waals surface area contributed by atoms with Crippen LogP contribution in [0.25, 0.3) is 10.8 Å². The highest BCUT2D eigenvalue weighted by Gasteiger charge is 2.01. The molecule has 0 atom stereocenters. The lowest BCUT2D eigenvalue weighted by Crippen LogP contribution is -1.87. The lowest BCUT2D eigenvalue weighted by atomic mass is 10.1. The van der Waals surface area contributed by atoms with E-state index in [-0.39, 0.29) is 0 Å². The number of hydrogen-bond donors (Lipinski definition) is 1. The summed E-state index contributed by atoms with van der Waals surface area (Å²) in [5.74, 6) is 0.315. The Labute approximate surface area is 82.8 Å². The number of aromatic hydroxyl groups is 1. The van der Waals surface area contributed by atoms with Gasteiger partial charge < -0.3 is 9.84 Å². The van der Waals surface area contributed by atoms with Gasteiger partial charge in [0.15, 0.2) is 0 Å². The first-order chi connectivity index (χ1) is 6.81. The van der Waals surface area contributed by atoms with Crippen LogP contribution >= 0.6 is 0 Å². The van der Waals surface area contributed by atoms with E-state index in [0.717, 1.165) is 16.3 Å². The van der Waals surface area contributed by atoms with Crippen LogP contribution < -0.4 is 0 Å².